The molecule has 0 fully saturated rings. The van der Waals surface area contributed by atoms with E-state index in [1.165, 1.54) is 0 Å². The summed E-state index contributed by atoms with van der Waals surface area (Å²) in [5.41, 5.74) is 8.90. The second-order valence-electron chi connectivity index (χ2n) is 4.05. The molecule has 0 saturated heterocycles. The lowest BCUT2D eigenvalue weighted by atomic mass is 10.0. The van der Waals surface area contributed by atoms with Crippen molar-refractivity contribution in [2.24, 2.45) is 0 Å². The molecule has 0 unspecified atom stereocenters. The minimum absolute atomic E-state index is 0.729. The molecule has 0 aliphatic rings. The molecule has 0 atom stereocenters. The van der Waals surface area contributed by atoms with Gasteiger partial charge in [-0.25, -0.2) is 0 Å². The molecule has 2 aromatic carbocycles. The van der Waals surface area contributed by atoms with Gasteiger partial charge in [0.15, 0.2) is 0 Å². The molecule has 0 saturated carbocycles. The Balaban J connectivity index is 2.35. The van der Waals surface area contributed by atoms with Crippen molar-refractivity contribution in [2.75, 3.05) is 20.0 Å². The highest BCUT2D eigenvalue weighted by Crippen LogP contribution is 2.27. The van der Waals surface area contributed by atoms with Gasteiger partial charge in [-0.3, -0.25) is 0 Å². The summed E-state index contributed by atoms with van der Waals surface area (Å²) < 4.78 is 10.6. The summed E-state index contributed by atoms with van der Waals surface area (Å²) in [6.07, 6.45) is 0.729. The number of nitrogens with two attached hydrogens (primary N) is 1. The molecule has 94 valence electrons. The Labute approximate surface area is 107 Å². The van der Waals surface area contributed by atoms with Crippen LogP contribution >= 0.6 is 0 Å². The van der Waals surface area contributed by atoms with Crippen molar-refractivity contribution in [3.05, 3.63) is 53.6 Å². The molecule has 3 heteroatoms. The first-order valence-corrected chi connectivity index (χ1v) is 5.79. The topological polar surface area (TPSA) is 44.5 Å². The largest absolute Gasteiger partial charge is 0.497 e. The molecule has 0 spiro atoms. The first-order valence-electron chi connectivity index (χ1n) is 5.79. The fraction of sp³-hybridized carbons (Fsp3) is 0.200. The standard InChI is InChI=1S/C15H17NO2/c1-17-13-7-8-15(18-2)12(10-13)9-11-5-3-4-6-14(11)16/h3-8,10H,9,16H2,1-2H3. The Morgan fingerprint density at radius 2 is 1.72 bits per heavy atom. The van der Waals surface area contributed by atoms with E-state index in [9.17, 15) is 0 Å². The van der Waals surface area contributed by atoms with Gasteiger partial charge in [-0.2, -0.15) is 0 Å². The monoisotopic (exact) mass is 243 g/mol. The van der Waals surface area contributed by atoms with Crippen LogP contribution in [0.15, 0.2) is 42.5 Å². The van der Waals surface area contributed by atoms with Crippen LogP contribution in [0, 0.1) is 0 Å². The van der Waals surface area contributed by atoms with Crippen molar-refractivity contribution < 1.29 is 9.47 Å². The normalized spacial score (nSPS) is 10.1. The average Bonchev–Trinajstić information content (AvgIpc) is 2.41. The van der Waals surface area contributed by atoms with E-state index in [2.05, 4.69) is 0 Å². The molecule has 0 bridgehead atoms. The third-order valence-electron chi connectivity index (χ3n) is 2.92. The van der Waals surface area contributed by atoms with Gasteiger partial charge in [0.1, 0.15) is 11.5 Å². The fourth-order valence-corrected chi connectivity index (χ4v) is 1.92. The number of nitrogen functional groups attached to an aromatic ring is 1. The number of benzene rings is 2. The van der Waals surface area contributed by atoms with Gasteiger partial charge in [0.05, 0.1) is 14.2 Å². The van der Waals surface area contributed by atoms with Gasteiger partial charge >= 0.3 is 0 Å². The van der Waals surface area contributed by atoms with Crippen LogP contribution in [-0.4, -0.2) is 14.2 Å². The molecule has 2 N–H and O–H groups in total. The molecule has 2 rings (SSSR count). The van der Waals surface area contributed by atoms with E-state index < -0.39 is 0 Å². The summed E-state index contributed by atoms with van der Waals surface area (Å²) >= 11 is 0. The molecule has 18 heavy (non-hydrogen) atoms. The van der Waals surface area contributed by atoms with Crippen LogP contribution in [0.5, 0.6) is 11.5 Å². The maximum absolute atomic E-state index is 5.96. The van der Waals surface area contributed by atoms with Gasteiger partial charge in [0, 0.05) is 17.7 Å². The lowest BCUT2D eigenvalue weighted by Gasteiger charge is -2.11. The van der Waals surface area contributed by atoms with Crippen LogP contribution in [0.25, 0.3) is 0 Å². The smallest absolute Gasteiger partial charge is 0.122 e. The number of para-hydroxylation sites is 1. The zero-order valence-electron chi connectivity index (χ0n) is 10.6. The SMILES string of the molecule is COc1ccc(OC)c(Cc2ccccc2N)c1. The summed E-state index contributed by atoms with van der Waals surface area (Å²) in [6.45, 7) is 0. The third kappa shape index (κ3) is 2.56. The zero-order valence-corrected chi connectivity index (χ0v) is 10.6. The van der Waals surface area contributed by atoms with Crippen LogP contribution in [0.2, 0.25) is 0 Å². The second kappa shape index (κ2) is 5.45. The Kier molecular flexibility index (Phi) is 3.72. The van der Waals surface area contributed by atoms with Gasteiger partial charge < -0.3 is 15.2 Å². The summed E-state index contributed by atoms with van der Waals surface area (Å²) in [6, 6.07) is 13.6. The highest BCUT2D eigenvalue weighted by molar-refractivity contribution is 5.51. The first kappa shape index (κ1) is 12.3. The van der Waals surface area contributed by atoms with Gasteiger partial charge in [0.25, 0.3) is 0 Å². The van der Waals surface area contributed by atoms with Crippen LogP contribution in [0.3, 0.4) is 0 Å². The average molecular weight is 243 g/mol. The molecular formula is C15H17NO2. The summed E-state index contributed by atoms with van der Waals surface area (Å²) in [5.74, 6) is 1.67. The van der Waals surface area contributed by atoms with Crippen LogP contribution in [0.1, 0.15) is 11.1 Å². The summed E-state index contributed by atoms with van der Waals surface area (Å²) in [5, 5.41) is 0. The first-order chi connectivity index (χ1) is 8.74. The Morgan fingerprint density at radius 3 is 2.39 bits per heavy atom. The number of methoxy groups -OCH3 is 2. The van der Waals surface area contributed by atoms with E-state index in [4.69, 9.17) is 15.2 Å². The molecule has 3 nitrogen and oxygen atoms in total. The van der Waals surface area contributed by atoms with Gasteiger partial charge in [0.2, 0.25) is 0 Å². The van der Waals surface area contributed by atoms with E-state index in [0.29, 0.717) is 0 Å². The minimum Gasteiger partial charge on any atom is -0.497 e. The molecule has 0 heterocycles. The molecule has 0 aromatic heterocycles. The number of hydrogen-bond acceptors (Lipinski definition) is 3. The van der Waals surface area contributed by atoms with Crippen molar-refractivity contribution in [3.8, 4) is 11.5 Å². The van der Waals surface area contributed by atoms with Gasteiger partial charge in [-0.1, -0.05) is 18.2 Å². The van der Waals surface area contributed by atoms with Gasteiger partial charge in [-0.15, -0.1) is 0 Å². The number of ether oxygens (including phenoxy) is 2. The Bertz CT molecular complexity index is 538. The molecular weight excluding hydrogens is 226 g/mol. The van der Waals surface area contributed by atoms with Crippen LogP contribution < -0.4 is 15.2 Å². The second-order valence-corrected chi connectivity index (χ2v) is 4.05. The Morgan fingerprint density at radius 1 is 0.944 bits per heavy atom. The highest BCUT2D eigenvalue weighted by atomic mass is 16.5. The van der Waals surface area contributed by atoms with Crippen molar-refractivity contribution in [2.45, 2.75) is 6.42 Å². The molecule has 0 aliphatic heterocycles. The maximum Gasteiger partial charge on any atom is 0.122 e. The summed E-state index contributed by atoms with van der Waals surface area (Å²) in [7, 11) is 3.32. The third-order valence-corrected chi connectivity index (χ3v) is 2.92. The maximum atomic E-state index is 5.96. The van der Waals surface area contributed by atoms with Gasteiger partial charge in [-0.05, 0) is 29.8 Å². The van der Waals surface area contributed by atoms with Crippen LogP contribution in [-0.2, 0) is 6.42 Å². The Hall–Kier alpha value is -2.16. The van der Waals surface area contributed by atoms with E-state index in [1.807, 2.05) is 42.5 Å². The van der Waals surface area contributed by atoms with E-state index >= 15 is 0 Å². The predicted molar refractivity (Wildman–Crippen MR) is 73.2 cm³/mol. The van der Waals surface area contributed by atoms with Crippen LogP contribution in [0.4, 0.5) is 5.69 Å². The van der Waals surface area contributed by atoms with E-state index in [1.54, 1.807) is 14.2 Å². The van der Waals surface area contributed by atoms with Crippen molar-refractivity contribution >= 4 is 5.69 Å². The highest BCUT2D eigenvalue weighted by Gasteiger charge is 2.07. The lowest BCUT2D eigenvalue weighted by molar-refractivity contribution is 0.399. The molecule has 0 radical (unpaired) electrons. The number of rotatable bonds is 4. The van der Waals surface area contributed by atoms with Crippen molar-refractivity contribution in [3.63, 3.8) is 0 Å². The number of hydrogen-bond donors (Lipinski definition) is 1. The summed E-state index contributed by atoms with van der Waals surface area (Å²) in [4.78, 5) is 0. The van der Waals surface area contributed by atoms with E-state index in [-0.39, 0.29) is 0 Å². The molecule has 2 aromatic rings. The molecule has 0 amide bonds. The quantitative estimate of drug-likeness (QED) is 0.840. The fourth-order valence-electron chi connectivity index (χ4n) is 1.92. The zero-order chi connectivity index (χ0) is 13.0. The predicted octanol–water partition coefficient (Wildman–Crippen LogP) is 2.88. The van der Waals surface area contributed by atoms with Crippen molar-refractivity contribution in [1.82, 2.24) is 0 Å². The lowest BCUT2D eigenvalue weighted by Crippen LogP contribution is -1.98. The van der Waals surface area contributed by atoms with E-state index in [0.717, 1.165) is 34.7 Å². The minimum atomic E-state index is 0.729. The van der Waals surface area contributed by atoms with Crippen molar-refractivity contribution in [1.29, 1.82) is 0 Å². The molecule has 0 aliphatic carbocycles. The number of anilines is 1.